The summed E-state index contributed by atoms with van der Waals surface area (Å²) in [5.74, 6) is -10.2. The second-order valence-electron chi connectivity index (χ2n) is 23.6. The zero-order valence-electron chi connectivity index (χ0n) is 48.2. The molecule has 1 aliphatic carbocycles. The SMILES string of the molecule is CC[C@H](C)[C@@H]1NC(=O)[C@@H](NC(=O)[C@@H](CC(C)C)N(C)C(=O)[C@@H]2CCCN2C(=O)[C@H](C)O)[C@H](C)OC(=O)[C@H](CC2CCCCC2)N(C)C(=O)[C@@H]2CCCN2C(=O)[C@@H](CC(C)C)NC(=O)[C@@H](C)C(=O)[C@@H](C(C)C)OC(=O)C[C@H]1O. The number of aliphatic hydroxyl groups excluding tert-OH is 2. The van der Waals surface area contributed by atoms with Gasteiger partial charge in [0.15, 0.2) is 11.9 Å². The molecule has 5 N–H and O–H groups in total. The average Bonchev–Trinajstić information content (AvgIpc) is 4.08. The average molecular weight is 1090 g/mol. The number of hydrogen-bond donors (Lipinski definition) is 5. The lowest BCUT2D eigenvalue weighted by Crippen LogP contribution is -2.62. The zero-order valence-corrected chi connectivity index (χ0v) is 48.2. The Morgan fingerprint density at radius 2 is 1.44 bits per heavy atom. The molecule has 77 heavy (non-hydrogen) atoms. The van der Waals surface area contributed by atoms with Crippen molar-refractivity contribution in [2.45, 2.75) is 233 Å². The molecule has 21 heteroatoms. The maximum atomic E-state index is 15.0. The van der Waals surface area contributed by atoms with E-state index in [1.807, 2.05) is 27.7 Å². The third kappa shape index (κ3) is 16.9. The van der Waals surface area contributed by atoms with E-state index in [1.165, 1.54) is 54.5 Å². The molecule has 0 aromatic carbocycles. The van der Waals surface area contributed by atoms with Crippen LogP contribution >= 0.6 is 0 Å². The van der Waals surface area contributed by atoms with E-state index in [1.54, 1.807) is 27.7 Å². The highest BCUT2D eigenvalue weighted by atomic mass is 16.6. The topological polar surface area (TPSA) is 279 Å². The Morgan fingerprint density at radius 3 is 2.03 bits per heavy atom. The monoisotopic (exact) mass is 1090 g/mol. The third-order valence-electron chi connectivity index (χ3n) is 16.2. The summed E-state index contributed by atoms with van der Waals surface area (Å²) in [6, 6.07) is -8.46. The number of Topliss-reactive ketones (excluding diaryl/α,β-unsaturated/α-hetero) is 1. The Labute approximate surface area is 456 Å². The smallest absolute Gasteiger partial charge is 0.329 e. The number of cyclic esters (lactones) is 2. The van der Waals surface area contributed by atoms with Gasteiger partial charge in [-0.3, -0.25) is 43.2 Å². The van der Waals surface area contributed by atoms with Gasteiger partial charge in [-0.1, -0.05) is 93.9 Å². The van der Waals surface area contributed by atoms with Crippen LogP contribution in [0.5, 0.6) is 0 Å². The number of carbonyl (C=O) groups excluding carboxylic acids is 10. The number of likely N-dealkylation sites (tertiary alicyclic amines) is 1. The molecule has 3 saturated heterocycles. The van der Waals surface area contributed by atoms with E-state index in [0.717, 1.165) is 32.1 Å². The van der Waals surface area contributed by atoms with Crippen molar-refractivity contribution >= 4 is 59.1 Å². The van der Waals surface area contributed by atoms with Crippen LogP contribution in [0.3, 0.4) is 0 Å². The number of rotatable bonds is 14. The number of ketones is 1. The molecule has 21 nitrogen and oxygen atoms in total. The minimum absolute atomic E-state index is 0.0150. The lowest BCUT2D eigenvalue weighted by atomic mass is 9.84. The van der Waals surface area contributed by atoms with Gasteiger partial charge < -0.3 is 55.2 Å². The van der Waals surface area contributed by atoms with Crippen LogP contribution in [-0.2, 0) is 57.4 Å². The summed E-state index contributed by atoms with van der Waals surface area (Å²) < 4.78 is 11.9. The number of esters is 2. The van der Waals surface area contributed by atoms with Crippen LogP contribution < -0.4 is 16.0 Å². The van der Waals surface area contributed by atoms with Crippen molar-refractivity contribution < 1.29 is 67.6 Å². The van der Waals surface area contributed by atoms with E-state index < -0.39 is 150 Å². The maximum absolute atomic E-state index is 15.0. The minimum Gasteiger partial charge on any atom is -0.458 e. The van der Waals surface area contributed by atoms with Crippen LogP contribution in [-0.4, -0.2) is 183 Å². The van der Waals surface area contributed by atoms with Gasteiger partial charge in [-0.05, 0) is 95.3 Å². The first-order chi connectivity index (χ1) is 36.1. The summed E-state index contributed by atoms with van der Waals surface area (Å²) in [6.45, 7) is 18.7. The van der Waals surface area contributed by atoms with Crippen molar-refractivity contribution in [3.63, 3.8) is 0 Å². The highest BCUT2D eigenvalue weighted by Crippen LogP contribution is 2.31. The summed E-state index contributed by atoms with van der Waals surface area (Å²) in [5.41, 5.74) is 0. The first kappa shape index (κ1) is 64.3. The van der Waals surface area contributed by atoms with Gasteiger partial charge in [-0.25, -0.2) is 4.79 Å². The lowest BCUT2D eigenvalue weighted by Gasteiger charge is -2.37. The molecule has 3 heterocycles. The van der Waals surface area contributed by atoms with E-state index >= 15 is 0 Å². The van der Waals surface area contributed by atoms with Gasteiger partial charge in [0.1, 0.15) is 48.5 Å². The van der Waals surface area contributed by atoms with Gasteiger partial charge in [-0.15, -0.1) is 0 Å². The zero-order chi connectivity index (χ0) is 57.7. The quantitative estimate of drug-likeness (QED) is 0.124. The van der Waals surface area contributed by atoms with Crippen LogP contribution in [0.2, 0.25) is 0 Å². The Bertz CT molecular complexity index is 2100. The molecule has 3 aliphatic heterocycles. The summed E-state index contributed by atoms with van der Waals surface area (Å²) in [6.07, 6.45) is 0.125. The molecule has 7 amide bonds. The number of hydrogen-bond acceptors (Lipinski definition) is 14. The molecule has 4 aliphatic rings. The van der Waals surface area contributed by atoms with Crippen LogP contribution in [0, 0.1) is 35.5 Å². The van der Waals surface area contributed by atoms with E-state index in [2.05, 4.69) is 16.0 Å². The van der Waals surface area contributed by atoms with E-state index in [-0.39, 0.29) is 56.5 Å². The predicted molar refractivity (Wildman–Crippen MR) is 285 cm³/mol. The van der Waals surface area contributed by atoms with Gasteiger partial charge in [0, 0.05) is 27.2 Å². The van der Waals surface area contributed by atoms with E-state index in [0.29, 0.717) is 25.7 Å². The molecule has 0 unspecified atom stereocenters. The van der Waals surface area contributed by atoms with Crippen LogP contribution in [0.25, 0.3) is 0 Å². The van der Waals surface area contributed by atoms with E-state index in [9.17, 15) is 58.2 Å². The fraction of sp³-hybridized carbons (Fsp3) is 0.821. The van der Waals surface area contributed by atoms with Crippen molar-refractivity contribution in [3.8, 4) is 0 Å². The van der Waals surface area contributed by atoms with Crippen molar-refractivity contribution in [1.82, 2.24) is 35.6 Å². The van der Waals surface area contributed by atoms with E-state index in [4.69, 9.17) is 9.47 Å². The van der Waals surface area contributed by atoms with Crippen molar-refractivity contribution in [2.75, 3.05) is 27.2 Å². The van der Waals surface area contributed by atoms with Gasteiger partial charge in [0.2, 0.25) is 35.4 Å². The molecule has 0 spiro atoms. The van der Waals surface area contributed by atoms with Gasteiger partial charge in [0.25, 0.3) is 5.91 Å². The number of ether oxygens (including phenoxy) is 2. The second-order valence-corrected chi connectivity index (χ2v) is 23.6. The molecule has 13 atom stereocenters. The van der Waals surface area contributed by atoms with Crippen LogP contribution in [0.4, 0.5) is 0 Å². The first-order valence-corrected chi connectivity index (χ1v) is 28.5. The molecule has 4 fully saturated rings. The fourth-order valence-corrected chi connectivity index (χ4v) is 11.3. The highest BCUT2D eigenvalue weighted by molar-refractivity contribution is 6.05. The molecule has 0 aromatic heterocycles. The van der Waals surface area contributed by atoms with Crippen molar-refractivity contribution in [3.05, 3.63) is 0 Å². The lowest BCUT2D eigenvalue weighted by molar-refractivity contribution is -0.163. The molecular weight excluding hydrogens is 995 g/mol. The minimum atomic E-state index is -1.71. The maximum Gasteiger partial charge on any atom is 0.329 e. The number of nitrogens with zero attached hydrogens (tertiary/aromatic N) is 4. The fourth-order valence-electron chi connectivity index (χ4n) is 11.3. The van der Waals surface area contributed by atoms with Gasteiger partial charge in [-0.2, -0.15) is 0 Å². The summed E-state index contributed by atoms with van der Waals surface area (Å²) in [7, 11) is 2.90. The van der Waals surface area contributed by atoms with Crippen molar-refractivity contribution in [1.29, 1.82) is 0 Å². The summed E-state index contributed by atoms with van der Waals surface area (Å²) in [4.78, 5) is 149. The van der Waals surface area contributed by atoms with Crippen molar-refractivity contribution in [2.24, 2.45) is 35.5 Å². The van der Waals surface area contributed by atoms with Gasteiger partial charge >= 0.3 is 11.9 Å². The summed E-state index contributed by atoms with van der Waals surface area (Å²) >= 11 is 0. The Morgan fingerprint density at radius 1 is 0.805 bits per heavy atom. The number of likely N-dealkylation sites (N-methyl/N-ethyl adjacent to an activating group) is 2. The van der Waals surface area contributed by atoms with Crippen LogP contribution in [0.15, 0.2) is 0 Å². The summed E-state index contributed by atoms with van der Waals surface area (Å²) in [5, 5.41) is 30.3. The second kappa shape index (κ2) is 29.2. The third-order valence-corrected chi connectivity index (χ3v) is 16.2. The molecule has 4 rings (SSSR count). The standard InChI is InChI=1S/C56H93N7O14/c1-14-33(8)45-43(65)29-44(66)77-48(32(6)7)47(67)34(9)49(68)57-38(26-30(2)3)53(72)63-25-19-23-40(63)55(74)61(13)42(28-37-20-16-15-17-21-37)56(75)76-36(11)46(51(70)58-45)59-50(69)41(27-31(4)5)60(12)54(73)39-22-18-24-62(39)52(71)35(10)64/h30-43,45-46,48,64-65H,14-29H2,1-13H3,(H,57,68)(H,58,70)(H,59,69)/t33-,34-,35-,36-,38+,39-,40-,41+,42-,43+,45-,46-,48+/m0/s1. The predicted octanol–water partition coefficient (Wildman–Crippen LogP) is 3.04. The highest BCUT2D eigenvalue weighted by Gasteiger charge is 2.46. The normalized spacial score (nSPS) is 29.6. The number of nitrogens with one attached hydrogen (secondary N) is 3. The largest absolute Gasteiger partial charge is 0.458 e. The Balaban J connectivity index is 1.85. The molecule has 0 radical (unpaired) electrons. The number of fused-ring (bicyclic) bond motifs is 1. The first-order valence-electron chi connectivity index (χ1n) is 28.5. The molecule has 1 saturated carbocycles. The molecule has 436 valence electrons. The molecular formula is C56H93N7O14. The Kier molecular flexibility index (Phi) is 24.4. The number of amides is 7. The van der Waals surface area contributed by atoms with Crippen LogP contribution in [0.1, 0.15) is 166 Å². The van der Waals surface area contributed by atoms with Gasteiger partial charge in [0.05, 0.1) is 24.5 Å². The molecule has 0 aromatic rings. The number of carbonyl (C=O) groups is 10. The Hall–Kier alpha value is -5.18. The number of aliphatic hydroxyl groups is 2. The molecule has 0 bridgehead atoms.